The molecule has 3 aromatic heterocycles. The van der Waals surface area contributed by atoms with Gasteiger partial charge in [0, 0.05) is 73.9 Å². The average Bonchev–Trinajstić information content (AvgIpc) is 3.20. The number of rotatable bonds is 11. The molecule has 0 amide bonds. The molecule has 7 heteroatoms. The van der Waals surface area contributed by atoms with E-state index in [9.17, 15) is 9.18 Å². The summed E-state index contributed by atoms with van der Waals surface area (Å²) in [5.74, 6) is -0.171. The van der Waals surface area contributed by atoms with Crippen LogP contribution in [0.3, 0.4) is 0 Å². The van der Waals surface area contributed by atoms with Gasteiger partial charge < -0.3 is 14.6 Å². The van der Waals surface area contributed by atoms with E-state index in [4.69, 9.17) is 0 Å². The zero-order valence-corrected chi connectivity index (χ0v) is 22.7. The lowest BCUT2D eigenvalue weighted by Crippen LogP contribution is -2.57. The van der Waals surface area contributed by atoms with Crippen LogP contribution < -0.4 is 10.2 Å². The number of carbonyl (C=O) groups excluding carboxylic acids is 1. The molecule has 0 spiro atoms. The number of carbonyl (C=O) groups is 1. The van der Waals surface area contributed by atoms with Gasteiger partial charge in [-0.1, -0.05) is 19.9 Å². The molecule has 1 saturated heterocycles. The summed E-state index contributed by atoms with van der Waals surface area (Å²) < 4.78 is 16.3. The number of aromatic nitrogens is 3. The molecule has 0 unspecified atom stereocenters. The number of hydrogen-bond acceptors (Lipinski definition) is 5. The largest absolute Gasteiger partial charge is 0.368 e. The van der Waals surface area contributed by atoms with Crippen LogP contribution in [0.2, 0.25) is 0 Å². The van der Waals surface area contributed by atoms with E-state index in [0.29, 0.717) is 42.5 Å². The summed E-state index contributed by atoms with van der Waals surface area (Å²) in [7, 11) is 0. The number of hydrogen-bond donors (Lipinski definition) is 1. The third kappa shape index (κ3) is 6.63. The van der Waals surface area contributed by atoms with Crippen LogP contribution in [0.4, 0.5) is 10.1 Å². The zero-order chi connectivity index (χ0) is 26.6. The minimum atomic E-state index is -0.240. The van der Waals surface area contributed by atoms with Gasteiger partial charge in [-0.3, -0.25) is 9.78 Å². The Labute approximate surface area is 220 Å². The van der Waals surface area contributed by atoms with Crippen LogP contribution in [0.15, 0.2) is 42.9 Å². The first-order valence-corrected chi connectivity index (χ1v) is 13.5. The van der Waals surface area contributed by atoms with Crippen LogP contribution in [0.1, 0.15) is 69.0 Å². The first-order valence-electron chi connectivity index (χ1n) is 13.5. The van der Waals surface area contributed by atoms with Crippen LogP contribution in [0.25, 0.3) is 5.65 Å². The maximum Gasteiger partial charge on any atom is 0.158 e. The Hall–Kier alpha value is -3.06. The molecule has 198 valence electrons. The molecule has 0 aliphatic carbocycles. The van der Waals surface area contributed by atoms with E-state index in [1.165, 1.54) is 17.3 Å². The number of piperazine rings is 1. The van der Waals surface area contributed by atoms with Crippen molar-refractivity contribution in [2.24, 2.45) is 0 Å². The Bertz CT molecular complexity index is 1280. The van der Waals surface area contributed by atoms with Gasteiger partial charge in [-0.15, -0.1) is 0 Å². The lowest BCUT2D eigenvalue weighted by atomic mass is 9.95. The quantitative estimate of drug-likeness (QED) is 0.279. The van der Waals surface area contributed by atoms with Gasteiger partial charge >= 0.3 is 0 Å². The summed E-state index contributed by atoms with van der Waals surface area (Å²) >= 11 is 0. The number of unbranched alkanes of at least 4 members (excludes halogenated alkanes) is 1. The molecule has 6 nitrogen and oxygen atoms in total. The molecule has 1 aliphatic rings. The fourth-order valence-electron chi connectivity index (χ4n) is 5.29. The summed E-state index contributed by atoms with van der Waals surface area (Å²) in [6.45, 7) is 15.5. The van der Waals surface area contributed by atoms with Gasteiger partial charge in [0.05, 0.1) is 11.4 Å². The maximum atomic E-state index is 14.4. The Morgan fingerprint density at radius 1 is 1.24 bits per heavy atom. The molecule has 3 aromatic rings. The molecule has 0 bridgehead atoms. The number of pyridine rings is 2. The summed E-state index contributed by atoms with van der Waals surface area (Å²) in [6, 6.07) is 3.59. The molecule has 1 fully saturated rings. The fraction of sp³-hybridized carbons (Fsp3) is 0.500. The molecule has 0 atom stereocenters. The summed E-state index contributed by atoms with van der Waals surface area (Å²) in [5.41, 5.74) is 6.20. The molecule has 4 heterocycles. The maximum absolute atomic E-state index is 14.4. The summed E-state index contributed by atoms with van der Waals surface area (Å²) in [5, 5.41) is 3.58. The van der Waals surface area contributed by atoms with Crippen molar-refractivity contribution >= 4 is 17.1 Å². The number of aryl methyl sites for hydroxylation is 2. The van der Waals surface area contributed by atoms with Gasteiger partial charge in [0.1, 0.15) is 11.5 Å². The fourth-order valence-corrected chi connectivity index (χ4v) is 5.29. The lowest BCUT2D eigenvalue weighted by molar-refractivity contribution is -0.115. The van der Waals surface area contributed by atoms with E-state index in [0.717, 1.165) is 50.3 Å². The van der Waals surface area contributed by atoms with Crippen molar-refractivity contribution in [3.8, 4) is 0 Å². The summed E-state index contributed by atoms with van der Waals surface area (Å²) in [6.07, 6.45) is 10.4. The van der Waals surface area contributed by atoms with Crippen LogP contribution in [-0.2, 0) is 24.1 Å². The number of ketones is 1. The Kier molecular flexibility index (Phi) is 8.42. The van der Waals surface area contributed by atoms with Gasteiger partial charge in [-0.2, -0.15) is 0 Å². The third-order valence-corrected chi connectivity index (χ3v) is 7.15. The smallest absolute Gasteiger partial charge is 0.158 e. The number of nitrogens with zero attached hydrogens (tertiary/aromatic N) is 4. The molecule has 1 N–H and O–H groups in total. The molecule has 0 aromatic carbocycles. The summed E-state index contributed by atoms with van der Waals surface area (Å²) in [4.78, 5) is 24.3. The van der Waals surface area contributed by atoms with E-state index < -0.39 is 0 Å². The highest BCUT2D eigenvalue weighted by Crippen LogP contribution is 2.28. The number of imidazole rings is 1. The number of halogens is 1. The van der Waals surface area contributed by atoms with Gasteiger partial charge in [0.25, 0.3) is 0 Å². The highest BCUT2D eigenvalue weighted by molar-refractivity contribution is 5.95. The van der Waals surface area contributed by atoms with Gasteiger partial charge in [0.2, 0.25) is 0 Å². The van der Waals surface area contributed by atoms with E-state index in [1.54, 1.807) is 6.20 Å². The Balaban J connectivity index is 1.35. The Morgan fingerprint density at radius 3 is 2.81 bits per heavy atom. The van der Waals surface area contributed by atoms with E-state index in [1.807, 2.05) is 23.7 Å². The number of nitrogens with one attached hydrogen (secondary N) is 1. The van der Waals surface area contributed by atoms with Crippen molar-refractivity contribution in [1.82, 2.24) is 19.7 Å². The van der Waals surface area contributed by atoms with Crippen LogP contribution in [0.5, 0.6) is 0 Å². The second-order valence-electron chi connectivity index (χ2n) is 10.9. The van der Waals surface area contributed by atoms with E-state index >= 15 is 0 Å². The molecule has 37 heavy (non-hydrogen) atoms. The van der Waals surface area contributed by atoms with Crippen LogP contribution >= 0.6 is 0 Å². The number of allylic oxidation sites excluding steroid dienone is 1. The lowest BCUT2D eigenvalue weighted by Gasteiger charge is -2.41. The molecule has 0 saturated carbocycles. The van der Waals surface area contributed by atoms with Crippen molar-refractivity contribution < 1.29 is 9.18 Å². The minimum absolute atomic E-state index is 0.0527. The van der Waals surface area contributed by atoms with Crippen molar-refractivity contribution in [1.29, 1.82) is 0 Å². The second kappa shape index (κ2) is 11.5. The molecular weight excluding hydrogens is 465 g/mol. The van der Waals surface area contributed by atoms with E-state index in [2.05, 4.69) is 53.6 Å². The molecule has 0 radical (unpaired) electrons. The standard InChI is InChI=1S/C30H40FN5O/c1-6-9-24-26(32-13-12-27(24)35-15-14-33-30(4,5)20-35)16-21(2)28(37)11-8-7-10-23-19-36-18-22(3)34-29(36)17-25(23)31/h12-13,17-19,33H,2,6-11,14-16,20H2,1,3-5H3. The molecular formula is C30H40FN5O. The topological polar surface area (TPSA) is 62.5 Å². The predicted octanol–water partition coefficient (Wildman–Crippen LogP) is 5.40. The monoisotopic (exact) mass is 505 g/mol. The van der Waals surface area contributed by atoms with Crippen molar-refractivity contribution in [3.63, 3.8) is 0 Å². The third-order valence-electron chi connectivity index (χ3n) is 7.15. The van der Waals surface area contributed by atoms with Crippen LogP contribution in [-0.4, -0.2) is 45.3 Å². The SMILES string of the molecule is C=C(Cc1nccc(N2CCNC(C)(C)C2)c1CCC)C(=O)CCCCc1cn2cc(C)nc2cc1F. The molecule has 1 aliphatic heterocycles. The van der Waals surface area contributed by atoms with Crippen molar-refractivity contribution in [3.05, 3.63) is 71.2 Å². The highest BCUT2D eigenvalue weighted by atomic mass is 19.1. The predicted molar refractivity (Wildman–Crippen MR) is 148 cm³/mol. The van der Waals surface area contributed by atoms with Crippen LogP contribution in [0, 0.1) is 12.7 Å². The number of anilines is 1. The van der Waals surface area contributed by atoms with Crippen molar-refractivity contribution in [2.75, 3.05) is 24.5 Å². The highest BCUT2D eigenvalue weighted by Gasteiger charge is 2.27. The second-order valence-corrected chi connectivity index (χ2v) is 10.9. The van der Waals surface area contributed by atoms with Gasteiger partial charge in [-0.05, 0) is 63.7 Å². The Morgan fingerprint density at radius 2 is 2.05 bits per heavy atom. The first kappa shape index (κ1) is 27.0. The normalized spacial score (nSPS) is 15.3. The average molecular weight is 506 g/mol. The first-order chi connectivity index (χ1) is 17.7. The number of Topliss-reactive ketones (excluding diaryl/α,β-unsaturated/α-hetero) is 1. The van der Waals surface area contributed by atoms with E-state index in [-0.39, 0.29) is 17.1 Å². The van der Waals surface area contributed by atoms with Gasteiger partial charge in [-0.25, -0.2) is 9.37 Å². The van der Waals surface area contributed by atoms with Crippen molar-refractivity contribution in [2.45, 2.75) is 78.2 Å². The van der Waals surface area contributed by atoms with Gasteiger partial charge in [0.15, 0.2) is 5.78 Å². The minimum Gasteiger partial charge on any atom is -0.368 e. The molecule has 4 rings (SSSR count). The zero-order valence-electron chi connectivity index (χ0n) is 22.7. The number of fused-ring (bicyclic) bond motifs is 1.